The number of para-hydroxylation sites is 2. The monoisotopic (exact) mass is 328 g/mol. The van der Waals surface area contributed by atoms with Crippen LogP contribution in [0.3, 0.4) is 0 Å². The Morgan fingerprint density at radius 2 is 2.00 bits per heavy atom. The van der Waals surface area contributed by atoms with Crippen LogP contribution >= 0.6 is 0 Å². The fourth-order valence-corrected chi connectivity index (χ4v) is 3.08. The molecule has 5 heteroatoms. The Balaban J connectivity index is 1.75. The quantitative estimate of drug-likeness (QED) is 0.891. The molecule has 3 rings (SSSR count). The summed E-state index contributed by atoms with van der Waals surface area (Å²) in [4.78, 5) is 14.5. The molecule has 1 aliphatic heterocycles. The molecule has 4 nitrogen and oxygen atoms in total. The molecule has 2 aromatic rings. The van der Waals surface area contributed by atoms with Gasteiger partial charge in [-0.05, 0) is 49.6 Å². The van der Waals surface area contributed by atoms with Gasteiger partial charge in [-0.25, -0.2) is 9.18 Å². The molecule has 0 aromatic heterocycles. The topological polar surface area (TPSA) is 41.6 Å². The first kappa shape index (κ1) is 16.3. The van der Waals surface area contributed by atoms with E-state index in [-0.39, 0.29) is 17.9 Å². The van der Waals surface area contributed by atoms with Gasteiger partial charge < -0.3 is 15.0 Å². The lowest BCUT2D eigenvalue weighted by molar-refractivity contribution is 0.207. The number of amides is 2. The molecular formula is C19H21FN2O2. The van der Waals surface area contributed by atoms with Gasteiger partial charge in [0.2, 0.25) is 0 Å². The Bertz CT molecular complexity index is 703. The fraction of sp³-hybridized carbons (Fsp3) is 0.316. The number of benzene rings is 2. The van der Waals surface area contributed by atoms with Crippen molar-refractivity contribution >= 4 is 11.7 Å². The van der Waals surface area contributed by atoms with Gasteiger partial charge in [-0.15, -0.1) is 0 Å². The molecule has 0 radical (unpaired) electrons. The summed E-state index contributed by atoms with van der Waals surface area (Å²) in [5.74, 6) is 0.393. The van der Waals surface area contributed by atoms with Crippen molar-refractivity contribution in [1.29, 1.82) is 0 Å². The number of likely N-dealkylation sites (tertiary alicyclic amines) is 1. The number of rotatable bonds is 4. The van der Waals surface area contributed by atoms with Crippen molar-refractivity contribution in [3.8, 4) is 5.75 Å². The lowest BCUT2D eigenvalue weighted by Gasteiger charge is -2.26. The number of carbonyl (C=O) groups excluding carboxylic acids is 1. The Hall–Kier alpha value is -2.56. The standard InChI is InChI=1S/C19H21FN2O2/c1-2-24-18-8-4-3-6-16(18)21-19(23)22-13-5-7-17(22)14-9-11-15(20)12-10-14/h3-4,6,8-12,17H,2,5,7,13H2,1H3,(H,21,23)/t17-/m0/s1. The van der Waals surface area contributed by atoms with Crippen LogP contribution in [0, 0.1) is 5.82 Å². The van der Waals surface area contributed by atoms with E-state index in [9.17, 15) is 9.18 Å². The number of hydrogen-bond donors (Lipinski definition) is 1. The summed E-state index contributed by atoms with van der Waals surface area (Å²) in [5.41, 5.74) is 1.62. The van der Waals surface area contributed by atoms with E-state index in [0.29, 0.717) is 24.6 Å². The highest BCUT2D eigenvalue weighted by molar-refractivity contribution is 5.91. The highest BCUT2D eigenvalue weighted by atomic mass is 19.1. The molecule has 126 valence electrons. The maximum absolute atomic E-state index is 13.1. The molecule has 0 saturated carbocycles. The Morgan fingerprint density at radius 3 is 2.75 bits per heavy atom. The van der Waals surface area contributed by atoms with E-state index in [1.807, 2.05) is 31.2 Å². The van der Waals surface area contributed by atoms with E-state index in [4.69, 9.17) is 4.74 Å². The maximum Gasteiger partial charge on any atom is 0.322 e. The number of ether oxygens (including phenoxy) is 1. The van der Waals surface area contributed by atoms with Crippen LogP contribution in [0.2, 0.25) is 0 Å². The second-order valence-electron chi connectivity index (χ2n) is 5.76. The smallest absolute Gasteiger partial charge is 0.322 e. The Labute approximate surface area is 141 Å². The zero-order chi connectivity index (χ0) is 16.9. The number of carbonyl (C=O) groups is 1. The minimum absolute atomic E-state index is 0.0233. The molecule has 0 bridgehead atoms. The minimum Gasteiger partial charge on any atom is -0.492 e. The number of nitrogens with zero attached hydrogens (tertiary/aromatic N) is 1. The summed E-state index contributed by atoms with van der Waals surface area (Å²) in [6.07, 6.45) is 1.81. The molecule has 1 heterocycles. The van der Waals surface area contributed by atoms with Crippen molar-refractivity contribution in [1.82, 2.24) is 4.90 Å². The predicted molar refractivity (Wildman–Crippen MR) is 91.7 cm³/mol. The van der Waals surface area contributed by atoms with Gasteiger partial charge in [0.05, 0.1) is 18.3 Å². The molecule has 1 N–H and O–H groups in total. The number of anilines is 1. The zero-order valence-corrected chi connectivity index (χ0v) is 13.7. The molecular weight excluding hydrogens is 307 g/mol. The molecule has 0 unspecified atom stereocenters. The highest BCUT2D eigenvalue weighted by Crippen LogP contribution is 2.33. The van der Waals surface area contributed by atoms with E-state index < -0.39 is 0 Å². The zero-order valence-electron chi connectivity index (χ0n) is 13.7. The molecule has 1 saturated heterocycles. The van der Waals surface area contributed by atoms with E-state index in [1.54, 1.807) is 17.0 Å². The van der Waals surface area contributed by atoms with Crippen LogP contribution in [-0.4, -0.2) is 24.1 Å². The molecule has 2 aromatic carbocycles. The first-order chi connectivity index (χ1) is 11.7. The van der Waals surface area contributed by atoms with Gasteiger partial charge >= 0.3 is 6.03 Å². The summed E-state index contributed by atoms with van der Waals surface area (Å²) >= 11 is 0. The normalized spacial score (nSPS) is 16.9. The summed E-state index contributed by atoms with van der Waals surface area (Å²) in [6, 6.07) is 13.6. The lowest BCUT2D eigenvalue weighted by atomic mass is 10.0. The summed E-state index contributed by atoms with van der Waals surface area (Å²) in [7, 11) is 0. The van der Waals surface area contributed by atoms with Crippen molar-refractivity contribution < 1.29 is 13.9 Å². The van der Waals surface area contributed by atoms with Crippen molar-refractivity contribution in [3.63, 3.8) is 0 Å². The third-order valence-corrected chi connectivity index (χ3v) is 4.20. The van der Waals surface area contributed by atoms with Crippen LogP contribution in [-0.2, 0) is 0 Å². The average Bonchev–Trinajstić information content (AvgIpc) is 3.07. The van der Waals surface area contributed by atoms with Crippen LogP contribution in [0.4, 0.5) is 14.9 Å². The van der Waals surface area contributed by atoms with Gasteiger partial charge in [-0.1, -0.05) is 24.3 Å². The largest absolute Gasteiger partial charge is 0.492 e. The molecule has 1 atom stereocenters. The molecule has 1 aliphatic rings. The van der Waals surface area contributed by atoms with Gasteiger partial charge in [0.25, 0.3) is 0 Å². The maximum atomic E-state index is 13.1. The van der Waals surface area contributed by atoms with Crippen molar-refractivity contribution in [2.45, 2.75) is 25.8 Å². The Morgan fingerprint density at radius 1 is 1.25 bits per heavy atom. The molecule has 24 heavy (non-hydrogen) atoms. The predicted octanol–water partition coefficient (Wildman–Crippen LogP) is 4.59. The van der Waals surface area contributed by atoms with Crippen LogP contribution in [0.25, 0.3) is 0 Å². The SMILES string of the molecule is CCOc1ccccc1NC(=O)N1CCC[C@H]1c1ccc(F)cc1. The minimum atomic E-state index is -0.265. The van der Waals surface area contributed by atoms with Crippen LogP contribution in [0.1, 0.15) is 31.4 Å². The van der Waals surface area contributed by atoms with E-state index in [1.165, 1.54) is 12.1 Å². The number of hydrogen-bond acceptors (Lipinski definition) is 2. The van der Waals surface area contributed by atoms with Gasteiger partial charge in [-0.2, -0.15) is 0 Å². The van der Waals surface area contributed by atoms with E-state index in [2.05, 4.69) is 5.32 Å². The summed E-state index contributed by atoms with van der Waals surface area (Å²) in [5, 5.41) is 2.94. The Kier molecular flexibility index (Phi) is 4.99. The first-order valence-corrected chi connectivity index (χ1v) is 8.24. The molecule has 0 aliphatic carbocycles. The summed E-state index contributed by atoms with van der Waals surface area (Å²) < 4.78 is 18.7. The van der Waals surface area contributed by atoms with Gasteiger partial charge in [0, 0.05) is 6.54 Å². The van der Waals surface area contributed by atoms with Gasteiger partial charge in [0.15, 0.2) is 0 Å². The third kappa shape index (κ3) is 3.50. The fourth-order valence-electron chi connectivity index (χ4n) is 3.08. The van der Waals surface area contributed by atoms with Crippen molar-refractivity contribution in [2.75, 3.05) is 18.5 Å². The van der Waals surface area contributed by atoms with Gasteiger partial charge in [0.1, 0.15) is 11.6 Å². The van der Waals surface area contributed by atoms with Crippen LogP contribution in [0.5, 0.6) is 5.75 Å². The molecule has 1 fully saturated rings. The average molecular weight is 328 g/mol. The lowest BCUT2D eigenvalue weighted by Crippen LogP contribution is -2.34. The third-order valence-electron chi connectivity index (χ3n) is 4.20. The second kappa shape index (κ2) is 7.34. The van der Waals surface area contributed by atoms with Crippen LogP contribution < -0.4 is 10.1 Å². The van der Waals surface area contributed by atoms with E-state index in [0.717, 1.165) is 18.4 Å². The van der Waals surface area contributed by atoms with Crippen LogP contribution in [0.15, 0.2) is 48.5 Å². The molecule has 0 spiro atoms. The van der Waals surface area contributed by atoms with E-state index >= 15 is 0 Å². The first-order valence-electron chi connectivity index (χ1n) is 8.24. The summed E-state index contributed by atoms with van der Waals surface area (Å²) in [6.45, 7) is 3.13. The second-order valence-corrected chi connectivity index (χ2v) is 5.76. The van der Waals surface area contributed by atoms with Crippen molar-refractivity contribution in [3.05, 3.63) is 59.9 Å². The highest BCUT2D eigenvalue weighted by Gasteiger charge is 2.30. The number of halogens is 1. The number of urea groups is 1. The van der Waals surface area contributed by atoms with Gasteiger partial charge in [-0.3, -0.25) is 0 Å². The van der Waals surface area contributed by atoms with Crippen molar-refractivity contribution in [2.24, 2.45) is 0 Å². The molecule has 2 amide bonds. The number of nitrogens with one attached hydrogen (secondary N) is 1.